The van der Waals surface area contributed by atoms with Crippen LogP contribution in [0.3, 0.4) is 0 Å². The first-order valence-corrected chi connectivity index (χ1v) is 12.7. The first-order valence-electron chi connectivity index (χ1n) is 11.3. The van der Waals surface area contributed by atoms with E-state index in [1.165, 1.54) is 3.97 Å². The van der Waals surface area contributed by atoms with Crippen LogP contribution in [0.5, 0.6) is 0 Å². The Labute approximate surface area is 200 Å². The number of hydrogen-bond donors (Lipinski definition) is 0. The van der Waals surface area contributed by atoms with E-state index < -0.39 is 10.0 Å². The van der Waals surface area contributed by atoms with E-state index in [4.69, 9.17) is 0 Å². The molecular formula is C30H25NO2S. The zero-order chi connectivity index (χ0) is 23.5. The molecule has 1 aromatic heterocycles. The maximum atomic E-state index is 14.0. The standard InChI is InChI=1S/C30H25NO2S/c1-23-19-21-26(22-20-23)34(32,33)31-29-18-9-8-16-27(29)28(30(31)25-14-6-3-7-15-25)17-10-13-24-11-4-2-5-12-24/h2-16,18-22H,17H2,1H3/b13-10+. The van der Waals surface area contributed by atoms with Gasteiger partial charge in [0.05, 0.1) is 16.1 Å². The Morgan fingerprint density at radius 2 is 1.35 bits per heavy atom. The van der Waals surface area contributed by atoms with Gasteiger partial charge in [0, 0.05) is 5.39 Å². The van der Waals surface area contributed by atoms with E-state index >= 15 is 0 Å². The van der Waals surface area contributed by atoms with Crippen molar-refractivity contribution >= 4 is 27.0 Å². The smallest absolute Gasteiger partial charge is 0.233 e. The molecule has 0 aliphatic carbocycles. The molecule has 0 aliphatic heterocycles. The van der Waals surface area contributed by atoms with Crippen molar-refractivity contribution in [3.05, 3.63) is 132 Å². The van der Waals surface area contributed by atoms with E-state index in [1.807, 2.05) is 91.9 Å². The number of rotatable bonds is 6. The lowest BCUT2D eigenvalue weighted by atomic mass is 10.0. The molecular weight excluding hydrogens is 438 g/mol. The number of fused-ring (bicyclic) bond motifs is 1. The number of allylic oxidation sites excluding steroid dienone is 1. The highest BCUT2D eigenvalue weighted by Gasteiger charge is 2.27. The second kappa shape index (κ2) is 9.16. The number of benzene rings is 4. The largest absolute Gasteiger partial charge is 0.268 e. The fourth-order valence-corrected chi connectivity index (χ4v) is 5.88. The topological polar surface area (TPSA) is 39.1 Å². The first kappa shape index (κ1) is 21.9. The monoisotopic (exact) mass is 463 g/mol. The van der Waals surface area contributed by atoms with Crippen molar-refractivity contribution in [1.29, 1.82) is 0 Å². The van der Waals surface area contributed by atoms with Crippen LogP contribution in [0, 0.1) is 6.92 Å². The Balaban J connectivity index is 1.75. The van der Waals surface area contributed by atoms with Crippen LogP contribution in [0.1, 0.15) is 16.7 Å². The van der Waals surface area contributed by atoms with Gasteiger partial charge in [0.15, 0.2) is 0 Å². The van der Waals surface area contributed by atoms with Crippen LogP contribution in [0.2, 0.25) is 0 Å². The quantitative estimate of drug-likeness (QED) is 0.269. The first-order chi connectivity index (χ1) is 16.6. The molecule has 0 saturated carbocycles. The fraction of sp³-hybridized carbons (Fsp3) is 0.0667. The summed E-state index contributed by atoms with van der Waals surface area (Å²) in [4.78, 5) is 0.280. The average Bonchev–Trinajstić information content (AvgIpc) is 3.21. The van der Waals surface area contributed by atoms with Crippen LogP contribution in [0.25, 0.3) is 28.2 Å². The summed E-state index contributed by atoms with van der Waals surface area (Å²) in [6.07, 6.45) is 4.79. The van der Waals surface area contributed by atoms with Crippen LogP contribution >= 0.6 is 0 Å². The summed E-state index contributed by atoms with van der Waals surface area (Å²) in [5.41, 5.74) is 5.39. The summed E-state index contributed by atoms with van der Waals surface area (Å²) in [6.45, 7) is 1.95. The minimum absolute atomic E-state index is 0.280. The number of aromatic nitrogens is 1. The molecule has 0 aliphatic rings. The van der Waals surface area contributed by atoms with E-state index in [2.05, 4.69) is 24.3 Å². The summed E-state index contributed by atoms with van der Waals surface area (Å²) in [5.74, 6) is 0. The van der Waals surface area contributed by atoms with Gasteiger partial charge in [-0.15, -0.1) is 0 Å². The third-order valence-corrected chi connectivity index (χ3v) is 7.70. The molecule has 0 fully saturated rings. The lowest BCUT2D eigenvalue weighted by molar-refractivity contribution is 0.589. The van der Waals surface area contributed by atoms with E-state index in [0.29, 0.717) is 17.6 Å². The summed E-state index contributed by atoms with van der Waals surface area (Å²) in [6, 6.07) is 34.7. The van der Waals surface area contributed by atoms with Gasteiger partial charge < -0.3 is 0 Å². The van der Waals surface area contributed by atoms with E-state index in [0.717, 1.165) is 27.6 Å². The summed E-state index contributed by atoms with van der Waals surface area (Å²) in [7, 11) is -3.82. The van der Waals surface area contributed by atoms with Gasteiger partial charge in [0.25, 0.3) is 10.0 Å². The minimum Gasteiger partial charge on any atom is -0.233 e. The molecule has 0 bridgehead atoms. The predicted molar refractivity (Wildman–Crippen MR) is 140 cm³/mol. The summed E-state index contributed by atoms with van der Waals surface area (Å²) >= 11 is 0. The average molecular weight is 464 g/mol. The molecule has 0 radical (unpaired) electrons. The maximum Gasteiger partial charge on any atom is 0.268 e. The molecule has 0 unspecified atom stereocenters. The summed E-state index contributed by atoms with van der Waals surface area (Å²) < 4.78 is 29.5. The third kappa shape index (κ3) is 4.09. The van der Waals surface area contributed by atoms with E-state index in [1.54, 1.807) is 12.1 Å². The van der Waals surface area contributed by atoms with Gasteiger partial charge in [-0.2, -0.15) is 0 Å². The Morgan fingerprint density at radius 3 is 2.06 bits per heavy atom. The molecule has 3 nitrogen and oxygen atoms in total. The van der Waals surface area contributed by atoms with Crippen molar-refractivity contribution in [2.45, 2.75) is 18.2 Å². The molecule has 34 heavy (non-hydrogen) atoms. The highest BCUT2D eigenvalue weighted by molar-refractivity contribution is 7.90. The van der Waals surface area contributed by atoms with Crippen molar-refractivity contribution < 1.29 is 8.42 Å². The van der Waals surface area contributed by atoms with E-state index in [-0.39, 0.29) is 4.90 Å². The molecule has 0 N–H and O–H groups in total. The molecule has 5 aromatic rings. The fourth-order valence-electron chi connectivity index (χ4n) is 4.31. The molecule has 0 saturated heterocycles. The van der Waals surface area contributed by atoms with Crippen LogP contribution in [-0.4, -0.2) is 12.4 Å². The van der Waals surface area contributed by atoms with Crippen molar-refractivity contribution in [3.63, 3.8) is 0 Å². The molecule has 0 spiro atoms. The molecule has 0 amide bonds. The Hall–Kier alpha value is -3.89. The third-order valence-electron chi connectivity index (χ3n) is 5.98. The van der Waals surface area contributed by atoms with Crippen molar-refractivity contribution in [2.24, 2.45) is 0 Å². The van der Waals surface area contributed by atoms with E-state index in [9.17, 15) is 8.42 Å². The number of nitrogens with zero attached hydrogens (tertiary/aromatic N) is 1. The van der Waals surface area contributed by atoms with Crippen LogP contribution in [-0.2, 0) is 16.4 Å². The normalized spacial score (nSPS) is 11.9. The minimum atomic E-state index is -3.82. The second-order valence-electron chi connectivity index (χ2n) is 8.31. The number of aryl methyl sites for hydroxylation is 1. The molecule has 168 valence electrons. The molecule has 4 heteroatoms. The Kier molecular flexibility index (Phi) is 5.91. The van der Waals surface area contributed by atoms with Gasteiger partial charge in [-0.3, -0.25) is 0 Å². The van der Waals surface area contributed by atoms with Gasteiger partial charge in [-0.25, -0.2) is 12.4 Å². The molecule has 1 heterocycles. The lowest BCUT2D eigenvalue weighted by Crippen LogP contribution is -2.14. The highest BCUT2D eigenvalue weighted by atomic mass is 32.2. The van der Waals surface area contributed by atoms with Crippen LogP contribution in [0.4, 0.5) is 0 Å². The van der Waals surface area contributed by atoms with Gasteiger partial charge >= 0.3 is 0 Å². The zero-order valence-corrected chi connectivity index (χ0v) is 19.7. The summed E-state index contributed by atoms with van der Waals surface area (Å²) in [5, 5.41) is 0.940. The molecule has 5 rings (SSSR count). The number of para-hydroxylation sites is 1. The second-order valence-corrected chi connectivity index (χ2v) is 10.1. The zero-order valence-electron chi connectivity index (χ0n) is 18.9. The SMILES string of the molecule is Cc1ccc(S(=O)(=O)n2c(-c3ccccc3)c(C/C=C/c3ccccc3)c3ccccc32)cc1. The van der Waals surface area contributed by atoms with Gasteiger partial charge in [0.1, 0.15) is 0 Å². The highest BCUT2D eigenvalue weighted by Crippen LogP contribution is 2.37. The van der Waals surface area contributed by atoms with Gasteiger partial charge in [-0.05, 0) is 48.2 Å². The van der Waals surface area contributed by atoms with Gasteiger partial charge in [0.2, 0.25) is 0 Å². The van der Waals surface area contributed by atoms with Crippen LogP contribution in [0.15, 0.2) is 120 Å². The maximum absolute atomic E-state index is 14.0. The van der Waals surface area contributed by atoms with Gasteiger partial charge in [-0.1, -0.05) is 109 Å². The van der Waals surface area contributed by atoms with Crippen LogP contribution < -0.4 is 0 Å². The Bertz CT molecular complexity index is 1560. The van der Waals surface area contributed by atoms with Crippen molar-refractivity contribution in [2.75, 3.05) is 0 Å². The number of hydrogen-bond acceptors (Lipinski definition) is 2. The molecule has 0 atom stereocenters. The Morgan fingerprint density at radius 1 is 0.735 bits per heavy atom. The predicted octanol–water partition coefficient (Wildman–Crippen LogP) is 7.11. The van der Waals surface area contributed by atoms with Crippen molar-refractivity contribution in [3.8, 4) is 11.3 Å². The molecule has 4 aromatic carbocycles. The lowest BCUT2D eigenvalue weighted by Gasteiger charge is -2.14. The van der Waals surface area contributed by atoms with Crippen molar-refractivity contribution in [1.82, 2.24) is 3.97 Å².